The monoisotopic (exact) mass is 230 g/mol. The number of aryl methyl sites for hydroxylation is 1. The van der Waals surface area contributed by atoms with Crippen molar-refractivity contribution in [3.8, 4) is 0 Å². The predicted molar refractivity (Wildman–Crippen MR) is 61.6 cm³/mol. The molecule has 0 bridgehead atoms. The molecule has 1 rings (SSSR count). The van der Waals surface area contributed by atoms with Crippen molar-refractivity contribution in [1.29, 1.82) is 0 Å². The zero-order chi connectivity index (χ0) is 9.98. The quantitative estimate of drug-likeness (QED) is 0.601. The Morgan fingerprint density at radius 3 is 1.58 bits per heavy atom. The summed E-state index contributed by atoms with van der Waals surface area (Å²) in [5.74, 6) is 0. The van der Waals surface area contributed by atoms with Crippen LogP contribution in [0.2, 0.25) is 0 Å². The summed E-state index contributed by atoms with van der Waals surface area (Å²) in [5, 5.41) is 0. The van der Waals surface area contributed by atoms with Gasteiger partial charge in [0.1, 0.15) is 0 Å². The fourth-order valence-corrected chi connectivity index (χ4v) is 0.836. The first-order valence-corrected chi connectivity index (χ1v) is 5.31. The van der Waals surface area contributed by atoms with Gasteiger partial charge in [-0.05, 0) is 18.6 Å². The van der Waals surface area contributed by atoms with Gasteiger partial charge in [0.05, 0.1) is 0 Å². The molecule has 0 aliphatic heterocycles. The molecule has 0 radical (unpaired) electrons. The molecular weight excluding hydrogens is 212 g/mol. The zero-order valence-electron chi connectivity index (χ0n) is 8.69. The van der Waals surface area contributed by atoms with Crippen LogP contribution in [0, 0.1) is 6.92 Å². The third-order valence-electron chi connectivity index (χ3n) is 1.08. The van der Waals surface area contributed by atoms with Crippen LogP contribution < -0.4 is 0 Å². The minimum absolute atomic E-state index is 1.18. The Hall–Kier alpha value is -0.300. The van der Waals surface area contributed by atoms with Gasteiger partial charge in [-0.15, -0.1) is 0 Å². The maximum atomic E-state index is 3.40. The second-order valence-corrected chi connectivity index (χ2v) is 2.60. The lowest BCUT2D eigenvalue weighted by molar-refractivity contribution is 1.43. The van der Waals surface area contributed by atoms with Gasteiger partial charge in [0.15, 0.2) is 0 Å². The molecule has 0 aliphatic rings. The van der Waals surface area contributed by atoms with E-state index in [0.717, 1.165) is 0 Å². The smallest absolute Gasteiger partial charge is 0.0204 e. The normalized spacial score (nSPS) is 7.17. The van der Waals surface area contributed by atoms with Gasteiger partial charge in [0.25, 0.3) is 0 Å². The Bertz CT molecular complexity index is 161. The van der Waals surface area contributed by atoms with E-state index in [4.69, 9.17) is 0 Å². The Balaban J connectivity index is 0. The third-order valence-corrected chi connectivity index (χ3v) is 1.97. The predicted octanol–water partition coefficient (Wildman–Crippen LogP) is 4.81. The second-order valence-electron chi connectivity index (χ2n) is 1.75. The molecule has 0 fully saturated rings. The molecule has 0 nitrogen and oxygen atoms in total. The van der Waals surface area contributed by atoms with E-state index < -0.39 is 0 Å². The highest BCUT2D eigenvalue weighted by Gasteiger charge is 1.86. The van der Waals surface area contributed by atoms with Crippen molar-refractivity contribution < 1.29 is 0 Å². The molecule has 0 atom stereocenters. The van der Waals surface area contributed by atoms with Crippen molar-refractivity contribution in [2.75, 3.05) is 0 Å². The van der Waals surface area contributed by atoms with Crippen LogP contribution in [0.1, 0.15) is 33.3 Å². The molecule has 1 aromatic rings. The number of benzene rings is 1. The average Bonchev–Trinajstić information content (AvgIpc) is 2.17. The standard InChI is InChI=1S/C7H7Br.2C2H6/c1-6-4-2-3-5-7(6)8;2*1-2/h2-5H,1H3;2*1-2H3. The second kappa shape index (κ2) is 10.7. The summed E-state index contributed by atoms with van der Waals surface area (Å²) in [5.41, 5.74) is 1.28. The first-order chi connectivity index (χ1) is 5.80. The molecular formula is C11H19Br. The van der Waals surface area contributed by atoms with Crippen LogP contribution in [0.15, 0.2) is 28.7 Å². The van der Waals surface area contributed by atoms with Crippen LogP contribution in [-0.4, -0.2) is 0 Å². The largest absolute Gasteiger partial charge is 0.0683 e. The van der Waals surface area contributed by atoms with Crippen LogP contribution in [0.3, 0.4) is 0 Å². The van der Waals surface area contributed by atoms with Gasteiger partial charge in [-0.2, -0.15) is 0 Å². The van der Waals surface area contributed by atoms with E-state index in [-0.39, 0.29) is 0 Å². The van der Waals surface area contributed by atoms with E-state index >= 15 is 0 Å². The molecule has 1 heteroatoms. The molecule has 0 N–H and O–H groups in total. The summed E-state index contributed by atoms with van der Waals surface area (Å²) in [4.78, 5) is 0. The molecule has 0 saturated carbocycles. The Kier molecular flexibility index (Phi) is 12.7. The summed E-state index contributed by atoms with van der Waals surface area (Å²) >= 11 is 3.40. The minimum Gasteiger partial charge on any atom is -0.0683 e. The van der Waals surface area contributed by atoms with E-state index in [0.29, 0.717) is 0 Å². The van der Waals surface area contributed by atoms with E-state index in [1.165, 1.54) is 10.0 Å². The van der Waals surface area contributed by atoms with Crippen molar-refractivity contribution in [3.05, 3.63) is 34.3 Å². The molecule has 70 valence electrons. The minimum atomic E-state index is 1.18. The lowest BCUT2D eigenvalue weighted by atomic mass is 10.2. The molecule has 0 heterocycles. The highest BCUT2D eigenvalue weighted by molar-refractivity contribution is 9.10. The molecule has 0 spiro atoms. The lowest BCUT2D eigenvalue weighted by Crippen LogP contribution is -1.69. The van der Waals surface area contributed by atoms with Gasteiger partial charge in [-0.25, -0.2) is 0 Å². The van der Waals surface area contributed by atoms with Gasteiger partial charge >= 0.3 is 0 Å². The Labute approximate surface area is 85.1 Å². The molecule has 0 aliphatic carbocycles. The summed E-state index contributed by atoms with van der Waals surface area (Å²) in [6.45, 7) is 10.1. The Morgan fingerprint density at radius 1 is 0.917 bits per heavy atom. The molecule has 0 amide bonds. The fourth-order valence-electron chi connectivity index (χ4n) is 0.551. The molecule has 0 aromatic heterocycles. The van der Waals surface area contributed by atoms with Crippen molar-refractivity contribution in [3.63, 3.8) is 0 Å². The van der Waals surface area contributed by atoms with Crippen molar-refractivity contribution in [2.45, 2.75) is 34.6 Å². The third kappa shape index (κ3) is 6.41. The van der Waals surface area contributed by atoms with Gasteiger partial charge in [-0.1, -0.05) is 61.8 Å². The summed E-state index contributed by atoms with van der Waals surface area (Å²) in [7, 11) is 0. The van der Waals surface area contributed by atoms with Gasteiger partial charge in [0, 0.05) is 4.47 Å². The van der Waals surface area contributed by atoms with Crippen molar-refractivity contribution >= 4 is 15.9 Å². The highest BCUT2D eigenvalue weighted by atomic mass is 79.9. The summed E-state index contributed by atoms with van der Waals surface area (Å²) in [6.07, 6.45) is 0. The van der Waals surface area contributed by atoms with E-state index in [9.17, 15) is 0 Å². The van der Waals surface area contributed by atoms with Crippen molar-refractivity contribution in [2.24, 2.45) is 0 Å². The zero-order valence-corrected chi connectivity index (χ0v) is 10.3. The molecule has 0 saturated heterocycles. The van der Waals surface area contributed by atoms with Crippen molar-refractivity contribution in [1.82, 2.24) is 0 Å². The fraction of sp³-hybridized carbons (Fsp3) is 0.455. The van der Waals surface area contributed by atoms with Crippen LogP contribution in [0.5, 0.6) is 0 Å². The Morgan fingerprint density at radius 2 is 1.33 bits per heavy atom. The van der Waals surface area contributed by atoms with Crippen LogP contribution in [-0.2, 0) is 0 Å². The first-order valence-electron chi connectivity index (χ1n) is 4.52. The maximum Gasteiger partial charge on any atom is 0.0204 e. The topological polar surface area (TPSA) is 0 Å². The van der Waals surface area contributed by atoms with E-state index in [1.807, 2.05) is 45.9 Å². The number of halogens is 1. The molecule has 1 aromatic carbocycles. The highest BCUT2D eigenvalue weighted by Crippen LogP contribution is 2.13. The molecule has 0 unspecified atom stereocenters. The first kappa shape index (κ1) is 14.2. The number of rotatable bonds is 0. The van der Waals surface area contributed by atoms with Gasteiger partial charge in [0.2, 0.25) is 0 Å². The van der Waals surface area contributed by atoms with Crippen LogP contribution in [0.4, 0.5) is 0 Å². The van der Waals surface area contributed by atoms with E-state index in [1.54, 1.807) is 0 Å². The number of hydrogen-bond acceptors (Lipinski definition) is 0. The molecule has 12 heavy (non-hydrogen) atoms. The number of hydrogen-bond donors (Lipinski definition) is 0. The van der Waals surface area contributed by atoms with Crippen LogP contribution in [0.25, 0.3) is 0 Å². The van der Waals surface area contributed by atoms with Crippen LogP contribution >= 0.6 is 15.9 Å². The maximum absolute atomic E-state index is 3.40. The van der Waals surface area contributed by atoms with Gasteiger partial charge in [-0.3, -0.25) is 0 Å². The summed E-state index contributed by atoms with van der Waals surface area (Å²) in [6, 6.07) is 8.15. The summed E-state index contributed by atoms with van der Waals surface area (Å²) < 4.78 is 1.18. The van der Waals surface area contributed by atoms with E-state index in [2.05, 4.69) is 28.9 Å². The van der Waals surface area contributed by atoms with Gasteiger partial charge < -0.3 is 0 Å². The lowest BCUT2D eigenvalue weighted by Gasteiger charge is -1.91. The average molecular weight is 231 g/mol. The SMILES string of the molecule is CC.CC.Cc1ccccc1Br.